The molecular formula is C11H9ClN2O. The first kappa shape index (κ1) is 9.80. The summed E-state index contributed by atoms with van der Waals surface area (Å²) in [7, 11) is 0. The van der Waals surface area contributed by atoms with Crippen molar-refractivity contribution in [3.63, 3.8) is 0 Å². The first-order chi connectivity index (χ1) is 7.16. The van der Waals surface area contributed by atoms with Crippen LogP contribution >= 0.6 is 11.6 Å². The number of aromatic nitrogens is 1. The van der Waals surface area contributed by atoms with Crippen LogP contribution in [0.3, 0.4) is 0 Å². The molecule has 0 aliphatic carbocycles. The summed E-state index contributed by atoms with van der Waals surface area (Å²) >= 11 is 5.98. The van der Waals surface area contributed by atoms with Gasteiger partial charge in [-0.05, 0) is 30.3 Å². The van der Waals surface area contributed by atoms with E-state index in [1.165, 1.54) is 6.07 Å². The van der Waals surface area contributed by atoms with Gasteiger partial charge in [0.05, 0.1) is 5.02 Å². The van der Waals surface area contributed by atoms with E-state index in [0.29, 0.717) is 10.8 Å². The summed E-state index contributed by atoms with van der Waals surface area (Å²) in [4.78, 5) is 3.98. The smallest absolute Gasteiger partial charge is 0.123 e. The molecule has 15 heavy (non-hydrogen) atoms. The SMILES string of the molecule is Nc1ccc(-c2ccc(O)cc2Cl)cn1. The van der Waals surface area contributed by atoms with E-state index in [9.17, 15) is 5.11 Å². The molecule has 0 saturated heterocycles. The normalized spacial score (nSPS) is 10.2. The number of phenols is 1. The van der Waals surface area contributed by atoms with E-state index in [4.69, 9.17) is 17.3 Å². The molecule has 4 heteroatoms. The summed E-state index contributed by atoms with van der Waals surface area (Å²) in [6.07, 6.45) is 1.65. The van der Waals surface area contributed by atoms with Gasteiger partial charge in [-0.2, -0.15) is 0 Å². The largest absolute Gasteiger partial charge is 0.508 e. The number of nitrogen functional groups attached to an aromatic ring is 1. The molecule has 1 heterocycles. The van der Waals surface area contributed by atoms with Gasteiger partial charge in [-0.3, -0.25) is 0 Å². The number of hydrogen-bond donors (Lipinski definition) is 2. The molecule has 1 aromatic heterocycles. The number of nitrogens with two attached hydrogens (primary N) is 1. The van der Waals surface area contributed by atoms with Crippen LogP contribution < -0.4 is 5.73 Å². The number of nitrogens with zero attached hydrogens (tertiary/aromatic N) is 1. The minimum absolute atomic E-state index is 0.146. The standard InChI is InChI=1S/C11H9ClN2O/c12-10-5-8(15)2-3-9(10)7-1-4-11(13)14-6-7/h1-6,15H,(H2,13,14). The maximum absolute atomic E-state index is 9.21. The highest BCUT2D eigenvalue weighted by Gasteiger charge is 2.04. The third-order valence-electron chi connectivity index (χ3n) is 2.05. The molecule has 0 aliphatic rings. The Morgan fingerprint density at radius 1 is 1.20 bits per heavy atom. The molecule has 0 unspecified atom stereocenters. The molecule has 0 aliphatic heterocycles. The molecule has 76 valence electrons. The van der Waals surface area contributed by atoms with E-state index < -0.39 is 0 Å². The van der Waals surface area contributed by atoms with Crippen molar-refractivity contribution in [1.82, 2.24) is 4.98 Å². The fraction of sp³-hybridized carbons (Fsp3) is 0. The molecule has 1 aromatic carbocycles. The van der Waals surface area contributed by atoms with Crippen LogP contribution in [0.1, 0.15) is 0 Å². The number of aromatic hydroxyl groups is 1. The van der Waals surface area contributed by atoms with Crippen LogP contribution in [0, 0.1) is 0 Å². The highest BCUT2D eigenvalue weighted by atomic mass is 35.5. The minimum atomic E-state index is 0.146. The summed E-state index contributed by atoms with van der Waals surface area (Å²) in [5.74, 6) is 0.612. The number of rotatable bonds is 1. The van der Waals surface area contributed by atoms with Crippen molar-refractivity contribution in [2.24, 2.45) is 0 Å². The summed E-state index contributed by atoms with van der Waals surface area (Å²) in [5, 5.41) is 9.70. The molecule has 3 N–H and O–H groups in total. The van der Waals surface area contributed by atoms with Crippen molar-refractivity contribution in [2.75, 3.05) is 5.73 Å². The third-order valence-corrected chi connectivity index (χ3v) is 2.36. The van der Waals surface area contributed by atoms with Gasteiger partial charge in [-0.15, -0.1) is 0 Å². The van der Waals surface area contributed by atoms with Gasteiger partial charge in [-0.1, -0.05) is 11.6 Å². The predicted molar refractivity (Wildman–Crippen MR) is 60.8 cm³/mol. The molecule has 0 saturated carbocycles. The van der Waals surface area contributed by atoms with Crippen LogP contribution in [-0.2, 0) is 0 Å². The zero-order valence-electron chi connectivity index (χ0n) is 7.81. The molecule has 0 bridgehead atoms. The first-order valence-corrected chi connectivity index (χ1v) is 4.75. The lowest BCUT2D eigenvalue weighted by Gasteiger charge is -2.04. The Morgan fingerprint density at radius 2 is 2.00 bits per heavy atom. The maximum Gasteiger partial charge on any atom is 0.123 e. The monoisotopic (exact) mass is 220 g/mol. The average Bonchev–Trinajstić information content (AvgIpc) is 2.20. The van der Waals surface area contributed by atoms with E-state index in [1.807, 2.05) is 6.07 Å². The van der Waals surface area contributed by atoms with Crippen LogP contribution in [0.5, 0.6) is 5.75 Å². The van der Waals surface area contributed by atoms with Gasteiger partial charge in [0, 0.05) is 17.3 Å². The molecule has 0 atom stereocenters. The lowest BCUT2D eigenvalue weighted by molar-refractivity contribution is 0.475. The van der Waals surface area contributed by atoms with Crippen molar-refractivity contribution in [3.05, 3.63) is 41.6 Å². The molecule has 2 aromatic rings. The van der Waals surface area contributed by atoms with Crippen molar-refractivity contribution in [2.45, 2.75) is 0 Å². The Hall–Kier alpha value is -1.74. The Kier molecular flexibility index (Phi) is 2.47. The molecule has 0 fully saturated rings. The Labute approximate surface area is 92.1 Å². The van der Waals surface area contributed by atoms with Crippen LogP contribution in [0.2, 0.25) is 5.02 Å². The van der Waals surface area contributed by atoms with E-state index in [0.717, 1.165) is 11.1 Å². The van der Waals surface area contributed by atoms with Gasteiger partial charge in [0.15, 0.2) is 0 Å². The van der Waals surface area contributed by atoms with Crippen LogP contribution in [0.25, 0.3) is 11.1 Å². The van der Waals surface area contributed by atoms with E-state index in [2.05, 4.69) is 4.98 Å². The van der Waals surface area contributed by atoms with Gasteiger partial charge in [0.2, 0.25) is 0 Å². The third kappa shape index (κ3) is 2.02. The van der Waals surface area contributed by atoms with E-state index >= 15 is 0 Å². The lowest BCUT2D eigenvalue weighted by Crippen LogP contribution is -1.89. The summed E-state index contributed by atoms with van der Waals surface area (Å²) in [5.41, 5.74) is 7.17. The highest BCUT2D eigenvalue weighted by Crippen LogP contribution is 2.30. The van der Waals surface area contributed by atoms with Crippen molar-refractivity contribution < 1.29 is 5.11 Å². The van der Waals surface area contributed by atoms with E-state index in [1.54, 1.807) is 24.4 Å². The summed E-state index contributed by atoms with van der Waals surface area (Å²) in [6.45, 7) is 0. The van der Waals surface area contributed by atoms with Gasteiger partial charge in [-0.25, -0.2) is 4.98 Å². The van der Waals surface area contributed by atoms with E-state index in [-0.39, 0.29) is 5.75 Å². The number of hydrogen-bond acceptors (Lipinski definition) is 3. The summed E-state index contributed by atoms with van der Waals surface area (Å²) < 4.78 is 0. The zero-order valence-corrected chi connectivity index (χ0v) is 8.57. The lowest BCUT2D eigenvalue weighted by atomic mass is 10.1. The maximum atomic E-state index is 9.21. The fourth-order valence-corrected chi connectivity index (χ4v) is 1.59. The first-order valence-electron chi connectivity index (χ1n) is 4.37. The second-order valence-corrected chi connectivity index (χ2v) is 3.54. The van der Waals surface area contributed by atoms with Gasteiger partial charge < -0.3 is 10.8 Å². The molecule has 0 spiro atoms. The van der Waals surface area contributed by atoms with Crippen molar-refractivity contribution in [3.8, 4) is 16.9 Å². The number of phenolic OH excluding ortho intramolecular Hbond substituents is 1. The fourth-order valence-electron chi connectivity index (χ4n) is 1.30. The predicted octanol–water partition coefficient (Wildman–Crippen LogP) is 2.69. The zero-order chi connectivity index (χ0) is 10.8. The number of benzene rings is 1. The molecule has 0 amide bonds. The molecular weight excluding hydrogens is 212 g/mol. The van der Waals surface area contributed by atoms with Crippen molar-refractivity contribution >= 4 is 17.4 Å². The molecule has 3 nitrogen and oxygen atoms in total. The summed E-state index contributed by atoms with van der Waals surface area (Å²) in [6, 6.07) is 8.36. The number of anilines is 1. The quantitative estimate of drug-likeness (QED) is 0.777. The van der Waals surface area contributed by atoms with Crippen LogP contribution in [0.4, 0.5) is 5.82 Å². The van der Waals surface area contributed by atoms with Crippen molar-refractivity contribution in [1.29, 1.82) is 0 Å². The molecule has 2 rings (SSSR count). The van der Waals surface area contributed by atoms with Gasteiger partial charge in [0.1, 0.15) is 11.6 Å². The Balaban J connectivity index is 2.49. The minimum Gasteiger partial charge on any atom is -0.508 e. The second-order valence-electron chi connectivity index (χ2n) is 3.14. The van der Waals surface area contributed by atoms with Gasteiger partial charge >= 0.3 is 0 Å². The van der Waals surface area contributed by atoms with Crippen LogP contribution in [-0.4, -0.2) is 10.1 Å². The number of pyridine rings is 1. The Morgan fingerprint density at radius 3 is 2.60 bits per heavy atom. The highest BCUT2D eigenvalue weighted by molar-refractivity contribution is 6.33. The average molecular weight is 221 g/mol. The topological polar surface area (TPSA) is 59.1 Å². The number of halogens is 1. The van der Waals surface area contributed by atoms with Crippen LogP contribution in [0.15, 0.2) is 36.5 Å². The van der Waals surface area contributed by atoms with Gasteiger partial charge in [0.25, 0.3) is 0 Å². The molecule has 0 radical (unpaired) electrons. The Bertz CT molecular complexity index is 482. The second kappa shape index (κ2) is 3.79.